The Kier molecular flexibility index (Phi) is 6.34. The second-order valence-corrected chi connectivity index (χ2v) is 7.29. The zero-order chi connectivity index (χ0) is 19.4. The lowest BCUT2D eigenvalue weighted by Gasteiger charge is -2.34. The number of piperidine rings is 1. The van der Waals surface area contributed by atoms with Crippen molar-refractivity contribution in [3.8, 4) is 0 Å². The Bertz CT molecular complexity index is 840. The number of aromatic nitrogens is 2. The molecule has 1 aromatic heterocycles. The molecule has 1 aliphatic rings. The second-order valence-electron chi connectivity index (χ2n) is 6.45. The number of benzene rings is 1. The Hall–Kier alpha value is -2.12. The summed E-state index contributed by atoms with van der Waals surface area (Å²) in [6.07, 6.45) is 2.94. The average Bonchev–Trinajstić information content (AvgIpc) is 3.07. The van der Waals surface area contributed by atoms with E-state index < -0.39 is 6.04 Å². The third kappa shape index (κ3) is 4.99. The number of aryl methyl sites for hydroxylation is 2. The van der Waals surface area contributed by atoms with Gasteiger partial charge in [0.25, 0.3) is 0 Å². The van der Waals surface area contributed by atoms with Crippen LogP contribution in [0.1, 0.15) is 37.4 Å². The Morgan fingerprint density at radius 1 is 1.33 bits per heavy atom. The van der Waals surface area contributed by atoms with E-state index in [0.717, 1.165) is 12.8 Å². The molecule has 1 atom stereocenters. The molecule has 0 radical (unpaired) electrons. The van der Waals surface area contributed by atoms with Crippen LogP contribution in [0.5, 0.6) is 0 Å². The predicted molar refractivity (Wildman–Crippen MR) is 102 cm³/mol. The summed E-state index contributed by atoms with van der Waals surface area (Å²) in [7, 11) is 0. The second kappa shape index (κ2) is 8.71. The van der Waals surface area contributed by atoms with Crippen molar-refractivity contribution in [2.24, 2.45) is 0 Å². The Labute approximate surface area is 167 Å². The quantitative estimate of drug-likeness (QED) is 0.812. The maximum atomic E-state index is 12.8. The highest BCUT2D eigenvalue weighted by molar-refractivity contribution is 6.36. The van der Waals surface area contributed by atoms with Gasteiger partial charge in [-0.2, -0.15) is 4.98 Å². The minimum absolute atomic E-state index is 0.104. The van der Waals surface area contributed by atoms with Gasteiger partial charge in [0.05, 0.1) is 10.7 Å². The Morgan fingerprint density at radius 2 is 2.15 bits per heavy atom. The van der Waals surface area contributed by atoms with Crippen molar-refractivity contribution in [1.29, 1.82) is 0 Å². The molecule has 1 unspecified atom stereocenters. The normalized spacial score (nSPS) is 17.0. The molecule has 1 saturated heterocycles. The van der Waals surface area contributed by atoms with Crippen LogP contribution in [0.15, 0.2) is 22.7 Å². The molecular formula is C18H20Cl2N4O3. The lowest BCUT2D eigenvalue weighted by molar-refractivity contribution is -0.140. The number of carbonyl (C=O) groups excluding carboxylic acids is 2. The number of amides is 2. The SMILES string of the molecule is Cc1noc(CCC(=O)N2CCCCC2C(=O)Nc2ccc(Cl)cc2Cl)n1. The van der Waals surface area contributed by atoms with Crippen molar-refractivity contribution >= 4 is 40.7 Å². The zero-order valence-corrected chi connectivity index (χ0v) is 16.4. The van der Waals surface area contributed by atoms with Crippen molar-refractivity contribution in [1.82, 2.24) is 15.0 Å². The van der Waals surface area contributed by atoms with Crippen molar-refractivity contribution < 1.29 is 14.1 Å². The van der Waals surface area contributed by atoms with Crippen LogP contribution in [0.25, 0.3) is 0 Å². The number of hydrogen-bond acceptors (Lipinski definition) is 5. The first-order chi connectivity index (χ1) is 12.9. The summed E-state index contributed by atoms with van der Waals surface area (Å²) in [4.78, 5) is 31.2. The number of nitrogens with one attached hydrogen (secondary N) is 1. The molecular weight excluding hydrogens is 391 g/mol. The van der Waals surface area contributed by atoms with Crippen LogP contribution in [0.4, 0.5) is 5.69 Å². The molecule has 0 saturated carbocycles. The van der Waals surface area contributed by atoms with E-state index in [1.165, 1.54) is 0 Å². The number of carbonyl (C=O) groups is 2. The van der Waals surface area contributed by atoms with Gasteiger partial charge in [-0.1, -0.05) is 28.4 Å². The Balaban J connectivity index is 1.64. The van der Waals surface area contributed by atoms with Crippen LogP contribution in [0, 0.1) is 6.92 Å². The van der Waals surface area contributed by atoms with Gasteiger partial charge in [0, 0.05) is 24.4 Å². The zero-order valence-electron chi connectivity index (χ0n) is 14.9. The van der Waals surface area contributed by atoms with E-state index in [0.29, 0.717) is 46.8 Å². The van der Waals surface area contributed by atoms with Crippen molar-refractivity contribution in [2.75, 3.05) is 11.9 Å². The summed E-state index contributed by atoms with van der Waals surface area (Å²) in [5.41, 5.74) is 0.477. The number of anilines is 1. The van der Waals surface area contributed by atoms with Crippen LogP contribution >= 0.6 is 23.2 Å². The Morgan fingerprint density at radius 3 is 2.85 bits per heavy atom. The number of halogens is 2. The van der Waals surface area contributed by atoms with Crippen LogP contribution in [0.3, 0.4) is 0 Å². The molecule has 144 valence electrons. The number of nitrogens with zero attached hydrogens (tertiary/aromatic N) is 3. The van der Waals surface area contributed by atoms with Crippen LogP contribution in [0.2, 0.25) is 10.0 Å². The molecule has 0 bridgehead atoms. The molecule has 3 rings (SSSR count). The van der Waals surface area contributed by atoms with Crippen molar-refractivity contribution in [3.63, 3.8) is 0 Å². The molecule has 1 fully saturated rings. The summed E-state index contributed by atoms with van der Waals surface area (Å²) in [5, 5.41) is 7.37. The average molecular weight is 411 g/mol. The molecule has 27 heavy (non-hydrogen) atoms. The van der Waals surface area contributed by atoms with Gasteiger partial charge < -0.3 is 14.7 Å². The number of likely N-dealkylation sites (tertiary alicyclic amines) is 1. The molecule has 0 aliphatic carbocycles. The van der Waals surface area contributed by atoms with Crippen LogP contribution < -0.4 is 5.32 Å². The third-order valence-electron chi connectivity index (χ3n) is 4.44. The van der Waals surface area contributed by atoms with Gasteiger partial charge >= 0.3 is 0 Å². The lowest BCUT2D eigenvalue weighted by Crippen LogP contribution is -2.50. The van der Waals surface area contributed by atoms with E-state index in [4.69, 9.17) is 27.7 Å². The molecule has 1 aromatic carbocycles. The van der Waals surface area contributed by atoms with Crippen LogP contribution in [-0.2, 0) is 16.0 Å². The minimum atomic E-state index is -0.526. The number of hydrogen-bond donors (Lipinski definition) is 1. The van der Waals surface area contributed by atoms with E-state index in [1.54, 1.807) is 30.0 Å². The van der Waals surface area contributed by atoms with Gasteiger partial charge in [-0.05, 0) is 44.4 Å². The molecule has 9 heteroatoms. The van der Waals surface area contributed by atoms with Crippen LogP contribution in [-0.4, -0.2) is 39.4 Å². The summed E-state index contributed by atoms with van der Waals surface area (Å²) < 4.78 is 5.04. The maximum absolute atomic E-state index is 12.8. The van der Waals surface area contributed by atoms with E-state index in [2.05, 4.69) is 15.5 Å². The van der Waals surface area contributed by atoms with Gasteiger partial charge in [0.2, 0.25) is 17.7 Å². The fraction of sp³-hybridized carbons (Fsp3) is 0.444. The minimum Gasteiger partial charge on any atom is -0.339 e. The monoisotopic (exact) mass is 410 g/mol. The van der Waals surface area contributed by atoms with E-state index in [1.807, 2.05) is 0 Å². The molecule has 2 heterocycles. The molecule has 1 aliphatic heterocycles. The fourth-order valence-electron chi connectivity index (χ4n) is 3.11. The van der Waals surface area contributed by atoms with Gasteiger partial charge in [-0.15, -0.1) is 0 Å². The smallest absolute Gasteiger partial charge is 0.247 e. The first-order valence-corrected chi connectivity index (χ1v) is 9.54. The van der Waals surface area contributed by atoms with Crippen molar-refractivity contribution in [2.45, 2.75) is 45.1 Å². The molecule has 7 nitrogen and oxygen atoms in total. The van der Waals surface area contributed by atoms with Crippen molar-refractivity contribution in [3.05, 3.63) is 40.0 Å². The molecule has 0 spiro atoms. The first-order valence-electron chi connectivity index (χ1n) is 8.78. The van der Waals surface area contributed by atoms with Gasteiger partial charge in [-0.3, -0.25) is 9.59 Å². The predicted octanol–water partition coefficient (Wildman–Crippen LogP) is 3.64. The summed E-state index contributed by atoms with van der Waals surface area (Å²) in [6, 6.07) is 4.34. The van der Waals surface area contributed by atoms with Gasteiger partial charge in [0.15, 0.2) is 5.82 Å². The van der Waals surface area contributed by atoms with E-state index in [-0.39, 0.29) is 18.2 Å². The standard InChI is InChI=1S/C18H20Cl2N4O3/c1-11-21-16(27-23-11)7-8-17(25)24-9-3-2-4-15(24)18(26)22-14-6-5-12(19)10-13(14)20/h5-6,10,15H,2-4,7-9H2,1H3,(H,22,26). The lowest BCUT2D eigenvalue weighted by atomic mass is 10.0. The fourth-order valence-corrected chi connectivity index (χ4v) is 3.56. The largest absolute Gasteiger partial charge is 0.339 e. The highest BCUT2D eigenvalue weighted by Gasteiger charge is 2.32. The topological polar surface area (TPSA) is 88.3 Å². The van der Waals surface area contributed by atoms with Gasteiger partial charge in [-0.25, -0.2) is 0 Å². The molecule has 2 aromatic rings. The summed E-state index contributed by atoms with van der Waals surface area (Å²) in [6.45, 7) is 2.27. The number of rotatable bonds is 5. The maximum Gasteiger partial charge on any atom is 0.247 e. The summed E-state index contributed by atoms with van der Waals surface area (Å²) >= 11 is 12.0. The molecule has 2 amide bonds. The summed E-state index contributed by atoms with van der Waals surface area (Å²) in [5.74, 6) is 0.605. The highest BCUT2D eigenvalue weighted by atomic mass is 35.5. The van der Waals surface area contributed by atoms with E-state index in [9.17, 15) is 9.59 Å². The third-order valence-corrected chi connectivity index (χ3v) is 4.98. The van der Waals surface area contributed by atoms with E-state index >= 15 is 0 Å². The highest BCUT2D eigenvalue weighted by Crippen LogP contribution is 2.27. The first kappa shape index (κ1) is 19.6. The molecule has 1 N–H and O–H groups in total. The van der Waals surface area contributed by atoms with Gasteiger partial charge in [0.1, 0.15) is 6.04 Å².